The average Bonchev–Trinajstić information content (AvgIpc) is 3.30. The van der Waals surface area contributed by atoms with E-state index in [2.05, 4.69) is 26.4 Å². The van der Waals surface area contributed by atoms with Gasteiger partial charge in [-0.1, -0.05) is 29.7 Å². The molecule has 0 unspecified atom stereocenters. The third-order valence-corrected chi connectivity index (χ3v) is 5.76. The lowest BCUT2D eigenvalue weighted by Crippen LogP contribution is -2.23. The first-order valence-electron chi connectivity index (χ1n) is 10.8. The van der Waals surface area contributed by atoms with Crippen molar-refractivity contribution in [2.45, 2.75) is 0 Å². The number of halogens is 1. The number of amidine groups is 1. The van der Waals surface area contributed by atoms with Crippen LogP contribution in [0.3, 0.4) is 0 Å². The van der Waals surface area contributed by atoms with Gasteiger partial charge in [-0.3, -0.25) is 14.6 Å². The van der Waals surface area contributed by atoms with Crippen molar-refractivity contribution in [3.8, 4) is 18.1 Å². The Morgan fingerprint density at radius 2 is 1.77 bits per heavy atom. The lowest BCUT2D eigenvalue weighted by Gasteiger charge is -2.16. The minimum absolute atomic E-state index is 0.155. The van der Waals surface area contributed by atoms with Gasteiger partial charge in [0.25, 0.3) is 11.8 Å². The van der Waals surface area contributed by atoms with E-state index in [9.17, 15) is 9.59 Å². The Bertz CT molecular complexity index is 1340. The van der Waals surface area contributed by atoms with Crippen molar-refractivity contribution in [3.63, 3.8) is 0 Å². The second-order valence-corrected chi connectivity index (χ2v) is 8.30. The molecule has 7 nitrogen and oxygen atoms in total. The van der Waals surface area contributed by atoms with E-state index in [4.69, 9.17) is 22.8 Å². The van der Waals surface area contributed by atoms with Gasteiger partial charge < -0.3 is 20.3 Å². The minimum Gasteiger partial charge on any atom is -0.494 e. The van der Waals surface area contributed by atoms with Gasteiger partial charge in [-0.25, -0.2) is 0 Å². The summed E-state index contributed by atoms with van der Waals surface area (Å²) in [7, 11) is 3.42. The van der Waals surface area contributed by atoms with Crippen LogP contribution in [-0.2, 0) is 0 Å². The molecule has 2 amide bonds. The van der Waals surface area contributed by atoms with E-state index >= 15 is 0 Å². The Kier molecular flexibility index (Phi) is 7.04. The second kappa shape index (κ2) is 10.3. The van der Waals surface area contributed by atoms with Gasteiger partial charge in [-0.15, -0.1) is 6.42 Å². The Hall–Kier alpha value is -4.28. The molecule has 1 aliphatic rings. The minimum atomic E-state index is -0.466. The van der Waals surface area contributed by atoms with Gasteiger partial charge in [0.2, 0.25) is 0 Å². The van der Waals surface area contributed by atoms with E-state index < -0.39 is 11.8 Å². The van der Waals surface area contributed by atoms with Crippen LogP contribution in [0.5, 0.6) is 5.75 Å². The second-order valence-electron chi connectivity index (χ2n) is 7.86. The molecule has 3 aromatic carbocycles. The van der Waals surface area contributed by atoms with Crippen molar-refractivity contribution in [3.05, 3.63) is 87.9 Å². The monoisotopic (exact) mass is 486 g/mol. The number of anilines is 2. The molecule has 0 aromatic heterocycles. The number of methoxy groups -OCH3 is 1. The number of carbonyl (C=O) groups is 2. The third kappa shape index (κ3) is 5.29. The number of hydrogen-bond donors (Lipinski definition) is 2. The molecule has 4 rings (SSSR count). The number of amides is 2. The molecule has 0 saturated heterocycles. The number of rotatable bonds is 6. The Morgan fingerprint density at radius 3 is 2.37 bits per heavy atom. The zero-order chi connectivity index (χ0) is 24.9. The summed E-state index contributed by atoms with van der Waals surface area (Å²) in [5, 5.41) is 5.89. The number of hydrogen-bond acceptors (Lipinski definition) is 5. The largest absolute Gasteiger partial charge is 0.494 e. The van der Waals surface area contributed by atoms with Crippen LogP contribution in [0.2, 0.25) is 5.02 Å². The Balaban J connectivity index is 1.59. The van der Waals surface area contributed by atoms with Crippen LogP contribution in [0.15, 0.2) is 65.7 Å². The number of nitrogens with one attached hydrogen (secondary N) is 2. The summed E-state index contributed by atoms with van der Waals surface area (Å²) in [6, 6.07) is 17.0. The molecule has 0 atom stereocenters. The van der Waals surface area contributed by atoms with E-state index in [-0.39, 0.29) is 17.0 Å². The van der Waals surface area contributed by atoms with Crippen molar-refractivity contribution in [2.24, 2.45) is 4.99 Å². The maximum Gasteiger partial charge on any atom is 0.257 e. The zero-order valence-electron chi connectivity index (χ0n) is 19.3. The number of ether oxygens (including phenoxy) is 1. The first-order valence-corrected chi connectivity index (χ1v) is 11.2. The molecule has 1 heterocycles. The van der Waals surface area contributed by atoms with Crippen molar-refractivity contribution in [1.82, 2.24) is 4.90 Å². The summed E-state index contributed by atoms with van der Waals surface area (Å²) >= 11 is 6.22. The number of terminal acetylenes is 1. The predicted octanol–water partition coefficient (Wildman–Crippen LogP) is 4.53. The molecule has 35 heavy (non-hydrogen) atoms. The van der Waals surface area contributed by atoms with Gasteiger partial charge in [-0.05, 0) is 42.5 Å². The molecule has 8 heteroatoms. The summed E-state index contributed by atoms with van der Waals surface area (Å²) in [4.78, 5) is 32.8. The van der Waals surface area contributed by atoms with Crippen LogP contribution in [0.25, 0.3) is 0 Å². The molecular weight excluding hydrogens is 464 g/mol. The normalized spacial score (nSPS) is 12.5. The Morgan fingerprint density at radius 1 is 1.06 bits per heavy atom. The standard InChI is InChI=1S/C27H23ClN4O3/c1-4-17-5-11-21(12-6-17)30-27(34)22-15-20(28)16-23(35-3)24(22)31-26(33)19-9-7-18(8-10-19)25-29-13-14-32(25)2/h1,5-12,15-16H,13-14H2,2-3H3,(H,30,34)(H,31,33). The summed E-state index contributed by atoms with van der Waals surface area (Å²) in [5.41, 5.74) is 2.95. The zero-order valence-corrected chi connectivity index (χ0v) is 20.0. The first kappa shape index (κ1) is 23.9. The highest BCUT2D eigenvalue weighted by atomic mass is 35.5. The van der Waals surface area contributed by atoms with Crippen molar-refractivity contribution in [1.29, 1.82) is 0 Å². The molecule has 0 fully saturated rings. The average molecular weight is 487 g/mol. The summed E-state index contributed by atoms with van der Waals surface area (Å²) < 4.78 is 5.41. The summed E-state index contributed by atoms with van der Waals surface area (Å²) in [6.45, 7) is 1.62. The van der Waals surface area contributed by atoms with E-state index in [1.54, 1.807) is 36.4 Å². The molecule has 0 aliphatic carbocycles. The predicted molar refractivity (Wildman–Crippen MR) is 139 cm³/mol. The lowest BCUT2D eigenvalue weighted by molar-refractivity contribution is 0.102. The smallest absolute Gasteiger partial charge is 0.257 e. The van der Waals surface area contributed by atoms with Crippen molar-refractivity contribution < 1.29 is 14.3 Å². The number of benzene rings is 3. The van der Waals surface area contributed by atoms with Gasteiger partial charge in [0.15, 0.2) is 0 Å². The SMILES string of the molecule is C#Cc1ccc(NC(=O)c2cc(Cl)cc(OC)c2NC(=O)c2ccc(C3=NCCN3C)cc2)cc1. The van der Waals surface area contributed by atoms with Crippen molar-refractivity contribution in [2.75, 3.05) is 37.9 Å². The van der Waals surface area contributed by atoms with E-state index in [1.165, 1.54) is 19.2 Å². The first-order chi connectivity index (χ1) is 16.9. The molecule has 176 valence electrons. The molecule has 0 spiro atoms. The highest BCUT2D eigenvalue weighted by Gasteiger charge is 2.21. The van der Waals surface area contributed by atoms with E-state index in [0.717, 1.165) is 24.5 Å². The Labute approximate surface area is 208 Å². The van der Waals surface area contributed by atoms with Crippen LogP contribution < -0.4 is 15.4 Å². The van der Waals surface area contributed by atoms with Crippen LogP contribution in [-0.4, -0.2) is 49.8 Å². The van der Waals surface area contributed by atoms with Gasteiger partial charge >= 0.3 is 0 Å². The quantitative estimate of drug-likeness (QED) is 0.501. The van der Waals surface area contributed by atoms with Crippen molar-refractivity contribution >= 4 is 40.6 Å². The highest BCUT2D eigenvalue weighted by molar-refractivity contribution is 6.31. The molecular formula is C27H23ClN4O3. The number of nitrogens with zero attached hydrogens (tertiary/aromatic N) is 2. The topological polar surface area (TPSA) is 83.0 Å². The van der Waals surface area contributed by atoms with Crippen LogP contribution >= 0.6 is 11.6 Å². The molecule has 1 aliphatic heterocycles. The van der Waals surface area contributed by atoms with Gasteiger partial charge in [-0.2, -0.15) is 0 Å². The lowest BCUT2D eigenvalue weighted by atomic mass is 10.1. The van der Waals surface area contributed by atoms with Gasteiger partial charge in [0.1, 0.15) is 11.6 Å². The third-order valence-electron chi connectivity index (χ3n) is 5.54. The maximum absolute atomic E-state index is 13.1. The molecule has 0 saturated carbocycles. The number of likely N-dealkylation sites (N-methyl/N-ethyl adjacent to an activating group) is 1. The van der Waals surface area contributed by atoms with E-state index in [1.807, 2.05) is 19.2 Å². The highest BCUT2D eigenvalue weighted by Crippen LogP contribution is 2.33. The fraction of sp³-hybridized carbons (Fsp3) is 0.148. The number of carbonyl (C=O) groups excluding carboxylic acids is 2. The van der Waals surface area contributed by atoms with Gasteiger partial charge in [0.05, 0.1) is 24.9 Å². The van der Waals surface area contributed by atoms with Crippen LogP contribution in [0.4, 0.5) is 11.4 Å². The molecule has 2 N–H and O–H groups in total. The van der Waals surface area contributed by atoms with Crippen LogP contribution in [0, 0.1) is 12.3 Å². The fourth-order valence-electron chi connectivity index (χ4n) is 3.70. The molecule has 3 aromatic rings. The summed E-state index contributed by atoms with van der Waals surface area (Å²) in [6.07, 6.45) is 5.39. The van der Waals surface area contributed by atoms with Gasteiger partial charge in [0, 0.05) is 47.1 Å². The molecule has 0 bridgehead atoms. The molecule has 0 radical (unpaired) electrons. The fourth-order valence-corrected chi connectivity index (χ4v) is 3.91. The van der Waals surface area contributed by atoms with Crippen LogP contribution in [0.1, 0.15) is 31.8 Å². The van der Waals surface area contributed by atoms with E-state index in [0.29, 0.717) is 21.8 Å². The summed E-state index contributed by atoms with van der Waals surface area (Å²) in [5.74, 6) is 2.82. The maximum atomic E-state index is 13.1. The number of aliphatic imine (C=N–C) groups is 1.